The molecular weight excluding hydrogens is 338 g/mol. The Balaban J connectivity index is 4.82. The first-order chi connectivity index (χ1) is 11.0. The number of hydrogen-bond donors (Lipinski definition) is 2. The third-order valence-corrected chi connectivity index (χ3v) is 3.23. The number of alkyl carbamates (subject to hydrolysis) is 1. The van der Waals surface area contributed by atoms with Gasteiger partial charge in [0.15, 0.2) is 0 Å². The van der Waals surface area contributed by atoms with Gasteiger partial charge in [0.25, 0.3) is 0 Å². The van der Waals surface area contributed by atoms with E-state index in [0.717, 1.165) is 6.08 Å². The molecule has 0 radical (unpaired) electrons. The van der Waals surface area contributed by atoms with Gasteiger partial charge < -0.3 is 19.9 Å². The third-order valence-electron chi connectivity index (χ3n) is 2.33. The highest BCUT2D eigenvalue weighted by Gasteiger charge is 2.26. The third kappa shape index (κ3) is 9.88. The molecule has 8 nitrogen and oxygen atoms in total. The second-order valence-electron chi connectivity index (χ2n) is 5.71. The molecule has 1 atom stereocenters. The van der Waals surface area contributed by atoms with Gasteiger partial charge in [0.1, 0.15) is 11.6 Å². The van der Waals surface area contributed by atoms with Gasteiger partial charge in [-0.1, -0.05) is 11.8 Å². The topological polar surface area (TPSA) is 119 Å². The molecule has 0 bridgehead atoms. The molecule has 0 aliphatic carbocycles. The van der Waals surface area contributed by atoms with E-state index in [-0.39, 0.29) is 17.9 Å². The van der Waals surface area contributed by atoms with Crippen molar-refractivity contribution in [3.05, 3.63) is 11.6 Å². The van der Waals surface area contributed by atoms with Gasteiger partial charge >= 0.3 is 18.0 Å². The molecule has 0 fully saturated rings. The van der Waals surface area contributed by atoms with Crippen molar-refractivity contribution in [3.63, 3.8) is 0 Å². The Labute approximate surface area is 144 Å². The van der Waals surface area contributed by atoms with Crippen LogP contribution in [0.5, 0.6) is 0 Å². The lowest BCUT2D eigenvalue weighted by Crippen LogP contribution is -2.45. The first-order valence-electron chi connectivity index (χ1n) is 7.20. The highest BCUT2D eigenvalue weighted by atomic mass is 32.2. The number of carboxylic acids is 1. The zero-order chi connectivity index (χ0) is 18.9. The van der Waals surface area contributed by atoms with E-state index < -0.39 is 34.8 Å². The average Bonchev–Trinajstić information content (AvgIpc) is 2.41. The van der Waals surface area contributed by atoms with Crippen LogP contribution in [0.2, 0.25) is 0 Å². The first-order valence-corrected chi connectivity index (χ1v) is 8.19. The minimum absolute atomic E-state index is 0.111. The van der Waals surface area contributed by atoms with Gasteiger partial charge in [-0.3, -0.25) is 4.79 Å². The van der Waals surface area contributed by atoms with Crippen LogP contribution in [0.4, 0.5) is 4.79 Å². The number of amides is 1. The van der Waals surface area contributed by atoms with Crippen molar-refractivity contribution in [1.82, 2.24) is 5.32 Å². The van der Waals surface area contributed by atoms with Gasteiger partial charge in [-0.15, -0.1) is 0 Å². The Morgan fingerprint density at radius 3 is 2.29 bits per heavy atom. The number of aliphatic carboxylic acids is 1. The Hall–Kier alpha value is -2.03. The zero-order valence-electron chi connectivity index (χ0n) is 14.4. The molecule has 136 valence electrons. The molecule has 0 spiro atoms. The van der Waals surface area contributed by atoms with Crippen LogP contribution in [0.25, 0.3) is 0 Å². The summed E-state index contributed by atoms with van der Waals surface area (Å²) in [4.78, 5) is 46.0. The van der Waals surface area contributed by atoms with E-state index in [1.807, 2.05) is 0 Å². The molecule has 2 N–H and O–H groups in total. The van der Waals surface area contributed by atoms with Crippen LogP contribution >= 0.6 is 11.8 Å². The Kier molecular flexibility index (Phi) is 9.12. The first kappa shape index (κ1) is 22.0. The number of esters is 1. The number of carboxylic acid groups (broad SMARTS) is 1. The average molecular weight is 361 g/mol. The summed E-state index contributed by atoms with van der Waals surface area (Å²) in [5.74, 6) is -2.03. The fourth-order valence-electron chi connectivity index (χ4n) is 1.31. The SMILES string of the molecule is CCOC(=O)C(CSC(=O)C=C(C)C(=O)O)NC(=O)OC(C)(C)C. The monoisotopic (exact) mass is 361 g/mol. The van der Waals surface area contributed by atoms with Crippen LogP contribution in [0.15, 0.2) is 11.6 Å². The highest BCUT2D eigenvalue weighted by Crippen LogP contribution is 2.11. The van der Waals surface area contributed by atoms with Crippen LogP contribution in [-0.4, -0.2) is 52.3 Å². The molecule has 0 saturated carbocycles. The molecule has 1 amide bonds. The smallest absolute Gasteiger partial charge is 0.408 e. The summed E-state index contributed by atoms with van der Waals surface area (Å²) >= 11 is 0.695. The van der Waals surface area contributed by atoms with E-state index in [0.29, 0.717) is 11.8 Å². The number of carbonyl (C=O) groups is 4. The van der Waals surface area contributed by atoms with Crippen LogP contribution in [0.3, 0.4) is 0 Å². The predicted molar refractivity (Wildman–Crippen MR) is 88.6 cm³/mol. The molecule has 24 heavy (non-hydrogen) atoms. The van der Waals surface area contributed by atoms with E-state index in [1.165, 1.54) is 6.92 Å². The summed E-state index contributed by atoms with van der Waals surface area (Å²) in [5, 5.41) is 10.5. The normalized spacial score (nSPS) is 13.0. The summed E-state index contributed by atoms with van der Waals surface area (Å²) in [6, 6.07) is -1.09. The summed E-state index contributed by atoms with van der Waals surface area (Å²) in [7, 11) is 0. The van der Waals surface area contributed by atoms with Gasteiger partial charge in [-0.05, 0) is 34.6 Å². The summed E-state index contributed by atoms with van der Waals surface area (Å²) in [5.41, 5.74) is -0.867. The maximum Gasteiger partial charge on any atom is 0.408 e. The quantitative estimate of drug-likeness (QED) is 0.520. The lowest BCUT2D eigenvalue weighted by molar-refractivity contribution is -0.145. The van der Waals surface area contributed by atoms with Crippen LogP contribution in [0, 0.1) is 0 Å². The molecule has 0 aromatic carbocycles. The molecular formula is C15H23NO7S. The molecule has 0 saturated heterocycles. The maximum absolute atomic E-state index is 11.9. The minimum Gasteiger partial charge on any atom is -0.478 e. The van der Waals surface area contributed by atoms with Crippen molar-refractivity contribution < 1.29 is 33.8 Å². The van der Waals surface area contributed by atoms with Crippen molar-refractivity contribution in [1.29, 1.82) is 0 Å². The Morgan fingerprint density at radius 2 is 1.83 bits per heavy atom. The number of ether oxygens (including phenoxy) is 2. The fourth-order valence-corrected chi connectivity index (χ4v) is 2.12. The van der Waals surface area contributed by atoms with Gasteiger partial charge in [-0.2, -0.15) is 0 Å². The second-order valence-corrected chi connectivity index (χ2v) is 6.74. The molecule has 0 aromatic rings. The molecule has 9 heteroatoms. The summed E-state index contributed by atoms with van der Waals surface area (Å²) in [6.07, 6.45) is 0.133. The standard InChI is InChI=1S/C15H23NO7S/c1-6-22-13(20)10(16-14(21)23-15(3,4)5)8-24-11(17)7-9(2)12(18)19/h7,10H,6,8H2,1-5H3,(H,16,21)(H,18,19). The van der Waals surface area contributed by atoms with Crippen molar-refractivity contribution >= 4 is 34.9 Å². The van der Waals surface area contributed by atoms with E-state index in [2.05, 4.69) is 5.32 Å². The Morgan fingerprint density at radius 1 is 1.25 bits per heavy atom. The number of hydrogen-bond acceptors (Lipinski definition) is 7. The van der Waals surface area contributed by atoms with Crippen molar-refractivity contribution in [2.75, 3.05) is 12.4 Å². The van der Waals surface area contributed by atoms with Crippen molar-refractivity contribution in [2.24, 2.45) is 0 Å². The molecule has 1 unspecified atom stereocenters. The highest BCUT2D eigenvalue weighted by molar-refractivity contribution is 8.14. The second kappa shape index (κ2) is 9.96. The summed E-state index contributed by atoms with van der Waals surface area (Å²) < 4.78 is 9.90. The van der Waals surface area contributed by atoms with Gasteiger partial charge in [0, 0.05) is 17.4 Å². The lowest BCUT2D eigenvalue weighted by Gasteiger charge is -2.22. The maximum atomic E-state index is 11.9. The van der Waals surface area contributed by atoms with Gasteiger partial charge in [0.05, 0.1) is 6.61 Å². The molecule has 0 aromatic heterocycles. The van der Waals surface area contributed by atoms with Crippen molar-refractivity contribution in [3.8, 4) is 0 Å². The molecule has 0 aliphatic heterocycles. The van der Waals surface area contributed by atoms with E-state index in [4.69, 9.17) is 14.6 Å². The van der Waals surface area contributed by atoms with Gasteiger partial charge in [-0.25, -0.2) is 14.4 Å². The number of rotatable bonds is 7. The fraction of sp³-hybridized carbons (Fsp3) is 0.600. The largest absolute Gasteiger partial charge is 0.478 e. The molecule has 0 rings (SSSR count). The van der Waals surface area contributed by atoms with Gasteiger partial charge in [0.2, 0.25) is 5.12 Å². The van der Waals surface area contributed by atoms with E-state index >= 15 is 0 Å². The van der Waals surface area contributed by atoms with Crippen LogP contribution in [-0.2, 0) is 23.9 Å². The van der Waals surface area contributed by atoms with Crippen LogP contribution < -0.4 is 5.32 Å². The Bertz CT molecular complexity index is 522. The number of carbonyl (C=O) groups excluding carboxylic acids is 3. The molecule has 0 heterocycles. The number of thioether (sulfide) groups is 1. The molecule has 0 aliphatic rings. The zero-order valence-corrected chi connectivity index (χ0v) is 15.2. The predicted octanol–water partition coefficient (Wildman–Crippen LogP) is 1.73. The summed E-state index contributed by atoms with van der Waals surface area (Å²) in [6.45, 7) is 8.02. The van der Waals surface area contributed by atoms with Crippen LogP contribution in [0.1, 0.15) is 34.6 Å². The van der Waals surface area contributed by atoms with E-state index in [1.54, 1.807) is 27.7 Å². The van der Waals surface area contributed by atoms with E-state index in [9.17, 15) is 19.2 Å². The lowest BCUT2D eigenvalue weighted by atomic mass is 10.2. The van der Waals surface area contributed by atoms with Crippen molar-refractivity contribution in [2.45, 2.75) is 46.3 Å². The minimum atomic E-state index is -1.21. The number of nitrogens with one attached hydrogen (secondary N) is 1.